The first-order valence-corrected chi connectivity index (χ1v) is 8.37. The minimum atomic E-state index is -0.643. The Labute approximate surface area is 154 Å². The molecule has 0 aliphatic rings. The summed E-state index contributed by atoms with van der Waals surface area (Å²) in [5.74, 6) is 0.799. The van der Waals surface area contributed by atoms with Crippen LogP contribution in [0.5, 0.6) is 17.2 Å². The number of carbonyl (C=O) groups is 2. The maximum atomic E-state index is 12.1. The fourth-order valence-electron chi connectivity index (χ4n) is 2.32. The molecular formula is C18H29N3O5. The highest BCUT2D eigenvalue weighted by atomic mass is 16.5. The van der Waals surface area contributed by atoms with Gasteiger partial charge in [0.2, 0.25) is 17.6 Å². The molecule has 0 heterocycles. The molecule has 1 aromatic carbocycles. The van der Waals surface area contributed by atoms with Gasteiger partial charge in [-0.1, -0.05) is 13.8 Å². The van der Waals surface area contributed by atoms with Crippen LogP contribution in [0, 0.1) is 5.92 Å². The molecule has 0 bridgehead atoms. The molecule has 0 aromatic heterocycles. The Kier molecular flexibility index (Phi) is 8.18. The van der Waals surface area contributed by atoms with E-state index in [-0.39, 0.29) is 30.3 Å². The first-order valence-electron chi connectivity index (χ1n) is 8.37. The Bertz CT molecular complexity index is 608. The lowest BCUT2D eigenvalue weighted by molar-refractivity contribution is -0.127. The molecule has 0 fully saturated rings. The van der Waals surface area contributed by atoms with Gasteiger partial charge in [-0.05, 0) is 30.5 Å². The number of nitrogens with one attached hydrogen (secondary N) is 2. The van der Waals surface area contributed by atoms with Gasteiger partial charge in [0.25, 0.3) is 0 Å². The number of rotatable bonds is 9. The normalized spacial score (nSPS) is 12.9. The van der Waals surface area contributed by atoms with E-state index >= 15 is 0 Å². The Hall–Kier alpha value is -2.48. The van der Waals surface area contributed by atoms with Crippen LogP contribution in [0.4, 0.5) is 0 Å². The molecular weight excluding hydrogens is 338 g/mol. The van der Waals surface area contributed by atoms with Crippen LogP contribution in [0.2, 0.25) is 0 Å². The molecule has 0 aliphatic heterocycles. The van der Waals surface area contributed by atoms with Gasteiger partial charge in [0.05, 0.1) is 40.0 Å². The second-order valence-electron chi connectivity index (χ2n) is 6.24. The second kappa shape index (κ2) is 9.86. The molecule has 8 heteroatoms. The van der Waals surface area contributed by atoms with Gasteiger partial charge >= 0.3 is 0 Å². The number of benzene rings is 1. The molecule has 2 atom stereocenters. The Morgan fingerprint density at radius 1 is 1.04 bits per heavy atom. The summed E-state index contributed by atoms with van der Waals surface area (Å²) in [7, 11) is 4.57. The highest BCUT2D eigenvalue weighted by Crippen LogP contribution is 2.39. The van der Waals surface area contributed by atoms with E-state index in [9.17, 15) is 9.59 Å². The quantitative estimate of drug-likeness (QED) is 0.600. The summed E-state index contributed by atoms with van der Waals surface area (Å²) in [6, 6.07) is 2.56. The molecule has 0 saturated carbocycles. The Balaban J connectivity index is 2.77. The van der Waals surface area contributed by atoms with E-state index in [1.165, 1.54) is 21.3 Å². The molecule has 1 rings (SSSR count). The summed E-state index contributed by atoms with van der Waals surface area (Å²) < 4.78 is 15.9. The zero-order chi connectivity index (χ0) is 19.9. The Morgan fingerprint density at radius 2 is 1.58 bits per heavy atom. The van der Waals surface area contributed by atoms with Crippen LogP contribution in [0.3, 0.4) is 0 Å². The Morgan fingerprint density at radius 3 is 2.00 bits per heavy atom. The van der Waals surface area contributed by atoms with Crippen molar-refractivity contribution in [3.8, 4) is 17.2 Å². The van der Waals surface area contributed by atoms with Crippen LogP contribution >= 0.6 is 0 Å². The van der Waals surface area contributed by atoms with E-state index in [2.05, 4.69) is 10.6 Å². The van der Waals surface area contributed by atoms with Crippen LogP contribution < -0.4 is 30.6 Å². The molecule has 26 heavy (non-hydrogen) atoms. The highest BCUT2D eigenvalue weighted by Gasteiger charge is 2.20. The van der Waals surface area contributed by atoms with Crippen LogP contribution in [0.1, 0.15) is 32.4 Å². The number of methoxy groups -OCH3 is 3. The average Bonchev–Trinajstić information content (AvgIpc) is 2.63. The summed E-state index contributed by atoms with van der Waals surface area (Å²) in [4.78, 5) is 23.9. The monoisotopic (exact) mass is 367 g/mol. The molecule has 1 unspecified atom stereocenters. The standard InChI is InChI=1S/C18H29N3O5/c1-10(2)16(19)18(23)20-9-15(22)21-11(3)12-7-13(24-4)17(26-6)14(8-12)25-5/h7-8,10-11,16H,9,19H2,1-6H3,(H,20,23)(H,21,22)/t11?,16-/m0/s1. The molecule has 0 aliphatic carbocycles. The molecule has 4 N–H and O–H groups in total. The molecule has 8 nitrogen and oxygen atoms in total. The third-order valence-corrected chi connectivity index (χ3v) is 4.01. The van der Waals surface area contributed by atoms with Crippen LogP contribution in [0.15, 0.2) is 12.1 Å². The van der Waals surface area contributed by atoms with E-state index in [1.54, 1.807) is 12.1 Å². The SMILES string of the molecule is COc1cc(C(C)NC(=O)CNC(=O)[C@@H](N)C(C)C)cc(OC)c1OC. The lowest BCUT2D eigenvalue weighted by Gasteiger charge is -2.19. The lowest BCUT2D eigenvalue weighted by atomic mass is 10.1. The maximum absolute atomic E-state index is 12.1. The minimum absolute atomic E-state index is 0.00351. The second-order valence-corrected chi connectivity index (χ2v) is 6.24. The average molecular weight is 367 g/mol. The number of amides is 2. The van der Waals surface area contributed by atoms with E-state index < -0.39 is 6.04 Å². The van der Waals surface area contributed by atoms with Crippen LogP contribution in [-0.4, -0.2) is 45.7 Å². The van der Waals surface area contributed by atoms with Crippen molar-refractivity contribution in [3.05, 3.63) is 17.7 Å². The van der Waals surface area contributed by atoms with Crippen molar-refractivity contribution < 1.29 is 23.8 Å². The third-order valence-electron chi connectivity index (χ3n) is 4.01. The summed E-state index contributed by atoms with van der Waals surface area (Å²) in [6.45, 7) is 5.36. The number of nitrogens with two attached hydrogens (primary N) is 1. The zero-order valence-corrected chi connectivity index (χ0v) is 16.2. The van der Waals surface area contributed by atoms with Crippen molar-refractivity contribution in [1.82, 2.24) is 10.6 Å². The number of carbonyl (C=O) groups excluding carboxylic acids is 2. The predicted octanol–water partition coefficient (Wildman–Crippen LogP) is 0.989. The van der Waals surface area contributed by atoms with Crippen molar-refractivity contribution in [1.29, 1.82) is 0 Å². The summed E-state index contributed by atoms with van der Waals surface area (Å²) >= 11 is 0. The van der Waals surface area contributed by atoms with E-state index in [0.717, 1.165) is 5.56 Å². The largest absolute Gasteiger partial charge is 0.493 e. The van der Waals surface area contributed by atoms with Gasteiger partial charge in [0.1, 0.15) is 0 Å². The first kappa shape index (κ1) is 21.6. The molecule has 1 aromatic rings. The van der Waals surface area contributed by atoms with E-state index in [4.69, 9.17) is 19.9 Å². The summed E-state index contributed by atoms with van der Waals surface area (Å²) in [5.41, 5.74) is 6.52. The summed E-state index contributed by atoms with van der Waals surface area (Å²) in [5, 5.41) is 5.35. The van der Waals surface area contributed by atoms with Gasteiger partial charge < -0.3 is 30.6 Å². The third kappa shape index (κ3) is 5.52. The van der Waals surface area contributed by atoms with Gasteiger partial charge in [-0.15, -0.1) is 0 Å². The minimum Gasteiger partial charge on any atom is -0.493 e. The van der Waals surface area contributed by atoms with Crippen molar-refractivity contribution >= 4 is 11.8 Å². The summed E-state index contributed by atoms with van der Waals surface area (Å²) in [6.07, 6.45) is 0. The zero-order valence-electron chi connectivity index (χ0n) is 16.2. The number of hydrogen-bond acceptors (Lipinski definition) is 6. The van der Waals surface area contributed by atoms with Gasteiger partial charge in [-0.3, -0.25) is 9.59 Å². The highest BCUT2D eigenvalue weighted by molar-refractivity contribution is 5.87. The van der Waals surface area contributed by atoms with Crippen molar-refractivity contribution in [2.45, 2.75) is 32.9 Å². The molecule has 0 radical (unpaired) electrons. The van der Waals surface area contributed by atoms with Gasteiger partial charge in [-0.25, -0.2) is 0 Å². The molecule has 146 valence electrons. The van der Waals surface area contributed by atoms with Gasteiger partial charge in [-0.2, -0.15) is 0 Å². The van der Waals surface area contributed by atoms with E-state index in [0.29, 0.717) is 17.2 Å². The maximum Gasteiger partial charge on any atom is 0.239 e. The number of hydrogen-bond donors (Lipinski definition) is 3. The molecule has 2 amide bonds. The molecule has 0 saturated heterocycles. The first-order chi connectivity index (χ1) is 12.2. The topological polar surface area (TPSA) is 112 Å². The van der Waals surface area contributed by atoms with Crippen LogP contribution in [0.25, 0.3) is 0 Å². The smallest absolute Gasteiger partial charge is 0.239 e. The fourth-order valence-corrected chi connectivity index (χ4v) is 2.32. The predicted molar refractivity (Wildman–Crippen MR) is 98.5 cm³/mol. The fraction of sp³-hybridized carbons (Fsp3) is 0.556. The number of ether oxygens (including phenoxy) is 3. The van der Waals surface area contributed by atoms with Crippen LogP contribution in [-0.2, 0) is 9.59 Å². The van der Waals surface area contributed by atoms with Gasteiger partial charge in [0, 0.05) is 0 Å². The van der Waals surface area contributed by atoms with Crippen molar-refractivity contribution in [3.63, 3.8) is 0 Å². The van der Waals surface area contributed by atoms with Crippen molar-refractivity contribution in [2.75, 3.05) is 27.9 Å². The van der Waals surface area contributed by atoms with Crippen molar-refractivity contribution in [2.24, 2.45) is 11.7 Å². The lowest BCUT2D eigenvalue weighted by Crippen LogP contribution is -2.47. The van der Waals surface area contributed by atoms with Gasteiger partial charge in [0.15, 0.2) is 11.5 Å². The van der Waals surface area contributed by atoms with E-state index in [1.807, 2.05) is 20.8 Å². The molecule has 0 spiro atoms.